The van der Waals surface area contributed by atoms with Gasteiger partial charge < -0.3 is 18.9 Å². The van der Waals surface area contributed by atoms with Crippen LogP contribution in [-0.4, -0.2) is 33.9 Å². The van der Waals surface area contributed by atoms with E-state index < -0.39 is 0 Å². The van der Waals surface area contributed by atoms with Gasteiger partial charge in [-0.05, 0) is 74.7 Å². The van der Waals surface area contributed by atoms with Gasteiger partial charge in [0.25, 0.3) is 0 Å². The van der Waals surface area contributed by atoms with Gasteiger partial charge in [-0.15, -0.1) is 0 Å². The number of hydrogen-bond donors (Lipinski definition) is 0. The molecule has 0 spiro atoms. The van der Waals surface area contributed by atoms with Gasteiger partial charge in [0.05, 0.1) is 38.0 Å². The number of halogens is 1. The van der Waals surface area contributed by atoms with Gasteiger partial charge in [-0.1, -0.05) is 0 Å². The van der Waals surface area contributed by atoms with Crippen molar-refractivity contribution < 1.29 is 23.7 Å². The van der Waals surface area contributed by atoms with Crippen LogP contribution in [0.15, 0.2) is 34.8 Å². The van der Waals surface area contributed by atoms with Crippen LogP contribution < -0.4 is 14.2 Å². The van der Waals surface area contributed by atoms with Gasteiger partial charge in [-0.2, -0.15) is 0 Å². The molecule has 3 rings (SSSR count). The third-order valence-corrected chi connectivity index (χ3v) is 4.84. The predicted molar refractivity (Wildman–Crippen MR) is 105 cm³/mol. The maximum Gasteiger partial charge on any atom is 0.338 e. The molecule has 0 fully saturated rings. The summed E-state index contributed by atoms with van der Waals surface area (Å²) in [5, 5.41) is 3.42. The fourth-order valence-corrected chi connectivity index (χ4v) is 3.52. The second kappa shape index (κ2) is 7.41. The third-order valence-electron chi connectivity index (χ3n) is 4.22. The zero-order valence-corrected chi connectivity index (χ0v) is 16.6. The minimum Gasteiger partial charge on any atom is -0.496 e. The fraction of sp³-hybridized carbons (Fsp3) is 0.250. The SMILES string of the molecule is CCOC(=O)c1cc2cc(OC)c(OC)cc2c2cc(OC)c(Br)cc12. The van der Waals surface area contributed by atoms with Crippen LogP contribution in [0.4, 0.5) is 0 Å². The molecular weight excluding hydrogens is 400 g/mol. The highest BCUT2D eigenvalue weighted by Gasteiger charge is 2.18. The average Bonchev–Trinajstić information content (AvgIpc) is 2.65. The Kier molecular flexibility index (Phi) is 5.23. The standard InChI is InChI=1S/C20H19BrO5/c1-5-26-20(22)15-6-11-7-18(24-3)19(25-4)9-12(11)14-10-17(23-2)16(21)8-13(14)15/h6-10H,5H2,1-4H3. The van der Waals surface area contributed by atoms with Crippen LogP contribution in [0.3, 0.4) is 0 Å². The van der Waals surface area contributed by atoms with Crippen LogP contribution in [0, 0.1) is 0 Å². The molecule has 26 heavy (non-hydrogen) atoms. The minimum absolute atomic E-state index is 0.307. The quantitative estimate of drug-likeness (QED) is 0.432. The molecule has 0 saturated heterocycles. The van der Waals surface area contributed by atoms with Gasteiger partial charge in [0.15, 0.2) is 11.5 Å². The number of ether oxygens (including phenoxy) is 4. The molecule has 0 heterocycles. The molecule has 0 bridgehead atoms. The van der Waals surface area contributed by atoms with Crippen molar-refractivity contribution in [1.82, 2.24) is 0 Å². The van der Waals surface area contributed by atoms with Crippen molar-refractivity contribution in [2.45, 2.75) is 6.92 Å². The molecule has 0 saturated carbocycles. The molecule has 0 unspecified atom stereocenters. The van der Waals surface area contributed by atoms with E-state index in [1.807, 2.05) is 30.3 Å². The first-order valence-corrected chi connectivity index (χ1v) is 8.86. The van der Waals surface area contributed by atoms with Crippen molar-refractivity contribution in [2.24, 2.45) is 0 Å². The maximum atomic E-state index is 12.5. The normalized spacial score (nSPS) is 10.8. The van der Waals surface area contributed by atoms with Gasteiger partial charge in [0, 0.05) is 0 Å². The Bertz CT molecular complexity index is 997. The highest BCUT2D eigenvalue weighted by molar-refractivity contribution is 9.10. The Morgan fingerprint density at radius 3 is 2.08 bits per heavy atom. The summed E-state index contributed by atoms with van der Waals surface area (Å²) >= 11 is 3.49. The lowest BCUT2D eigenvalue weighted by Gasteiger charge is -2.15. The summed E-state index contributed by atoms with van der Waals surface area (Å²) in [5.41, 5.74) is 0.491. The van der Waals surface area contributed by atoms with Gasteiger partial charge in [0.1, 0.15) is 5.75 Å². The first-order valence-electron chi connectivity index (χ1n) is 8.07. The summed E-state index contributed by atoms with van der Waals surface area (Å²) in [4.78, 5) is 12.5. The molecule has 0 amide bonds. The van der Waals surface area contributed by atoms with Gasteiger partial charge in [-0.25, -0.2) is 4.79 Å². The second-order valence-electron chi connectivity index (χ2n) is 5.61. The molecule has 0 aliphatic rings. The predicted octanol–water partition coefficient (Wildman–Crippen LogP) is 4.96. The van der Waals surface area contributed by atoms with E-state index >= 15 is 0 Å². The lowest BCUT2D eigenvalue weighted by molar-refractivity contribution is 0.0529. The third kappa shape index (κ3) is 3.05. The molecule has 5 nitrogen and oxygen atoms in total. The Labute approximate surface area is 159 Å². The molecular formula is C20H19BrO5. The van der Waals surface area contributed by atoms with E-state index in [0.29, 0.717) is 29.4 Å². The molecule has 0 aliphatic heterocycles. The number of esters is 1. The van der Waals surface area contributed by atoms with Crippen LogP contribution in [0.2, 0.25) is 0 Å². The maximum absolute atomic E-state index is 12.5. The van der Waals surface area contributed by atoms with E-state index in [0.717, 1.165) is 26.0 Å². The average molecular weight is 419 g/mol. The van der Waals surface area contributed by atoms with E-state index in [4.69, 9.17) is 18.9 Å². The lowest BCUT2D eigenvalue weighted by Crippen LogP contribution is -2.06. The molecule has 0 aliphatic carbocycles. The van der Waals surface area contributed by atoms with E-state index in [9.17, 15) is 4.79 Å². The first kappa shape index (κ1) is 18.3. The van der Waals surface area contributed by atoms with Gasteiger partial charge >= 0.3 is 5.97 Å². The van der Waals surface area contributed by atoms with Crippen LogP contribution >= 0.6 is 15.9 Å². The van der Waals surface area contributed by atoms with E-state index in [1.54, 1.807) is 28.3 Å². The van der Waals surface area contributed by atoms with Crippen LogP contribution in [-0.2, 0) is 4.74 Å². The van der Waals surface area contributed by atoms with E-state index in [2.05, 4.69) is 15.9 Å². The summed E-state index contributed by atoms with van der Waals surface area (Å²) in [5.74, 6) is 1.52. The summed E-state index contributed by atoms with van der Waals surface area (Å²) in [6.07, 6.45) is 0. The monoisotopic (exact) mass is 418 g/mol. The minimum atomic E-state index is -0.369. The molecule has 0 N–H and O–H groups in total. The van der Waals surface area contributed by atoms with Gasteiger partial charge in [0.2, 0.25) is 0 Å². The largest absolute Gasteiger partial charge is 0.496 e. The lowest BCUT2D eigenvalue weighted by atomic mass is 9.96. The number of carbonyl (C=O) groups is 1. The molecule has 136 valence electrons. The van der Waals surface area contributed by atoms with Crippen molar-refractivity contribution in [3.63, 3.8) is 0 Å². The topological polar surface area (TPSA) is 54.0 Å². The van der Waals surface area contributed by atoms with Crippen molar-refractivity contribution in [3.8, 4) is 17.2 Å². The summed E-state index contributed by atoms with van der Waals surface area (Å²) in [6, 6.07) is 9.34. The van der Waals surface area contributed by atoms with E-state index in [-0.39, 0.29) is 5.97 Å². The Balaban J connectivity index is 2.45. The zero-order valence-electron chi connectivity index (χ0n) is 15.0. The number of hydrogen-bond acceptors (Lipinski definition) is 5. The molecule has 0 atom stereocenters. The summed E-state index contributed by atoms with van der Waals surface area (Å²) in [6.45, 7) is 2.09. The van der Waals surface area contributed by atoms with Crippen molar-refractivity contribution in [1.29, 1.82) is 0 Å². The number of carbonyl (C=O) groups excluding carboxylic acids is 1. The molecule has 6 heteroatoms. The Hall–Kier alpha value is -2.47. The summed E-state index contributed by atoms with van der Waals surface area (Å²) in [7, 11) is 4.78. The fourth-order valence-electron chi connectivity index (χ4n) is 3.01. The summed E-state index contributed by atoms with van der Waals surface area (Å²) < 4.78 is 22.3. The zero-order chi connectivity index (χ0) is 18.8. The first-order chi connectivity index (χ1) is 12.5. The van der Waals surface area contributed by atoms with Crippen molar-refractivity contribution in [3.05, 3.63) is 40.4 Å². The van der Waals surface area contributed by atoms with E-state index in [1.165, 1.54) is 0 Å². The Morgan fingerprint density at radius 1 is 0.846 bits per heavy atom. The van der Waals surface area contributed by atoms with Crippen LogP contribution in [0.5, 0.6) is 17.2 Å². The van der Waals surface area contributed by atoms with Crippen molar-refractivity contribution in [2.75, 3.05) is 27.9 Å². The van der Waals surface area contributed by atoms with Gasteiger partial charge in [-0.3, -0.25) is 0 Å². The van der Waals surface area contributed by atoms with Crippen LogP contribution in [0.25, 0.3) is 21.5 Å². The highest BCUT2D eigenvalue weighted by atomic mass is 79.9. The Morgan fingerprint density at radius 2 is 1.46 bits per heavy atom. The molecule has 3 aromatic rings. The molecule has 3 aromatic carbocycles. The highest BCUT2D eigenvalue weighted by Crippen LogP contribution is 2.40. The molecule has 0 aromatic heterocycles. The van der Waals surface area contributed by atoms with Crippen LogP contribution in [0.1, 0.15) is 17.3 Å². The smallest absolute Gasteiger partial charge is 0.338 e. The number of fused-ring (bicyclic) bond motifs is 3. The number of methoxy groups -OCH3 is 3. The number of rotatable bonds is 5. The number of benzene rings is 3. The molecule has 0 radical (unpaired) electrons. The van der Waals surface area contributed by atoms with Crippen molar-refractivity contribution >= 4 is 43.4 Å². The second-order valence-corrected chi connectivity index (χ2v) is 6.46.